The zero-order valence-corrected chi connectivity index (χ0v) is 13.0. The van der Waals surface area contributed by atoms with Crippen molar-refractivity contribution in [2.75, 3.05) is 25.4 Å². The van der Waals surface area contributed by atoms with Crippen LogP contribution in [0.4, 0.5) is 0 Å². The Morgan fingerprint density at radius 2 is 2.48 bits per heavy atom. The highest BCUT2D eigenvalue weighted by Gasteiger charge is 2.32. The van der Waals surface area contributed by atoms with Crippen molar-refractivity contribution in [3.63, 3.8) is 0 Å². The maximum atomic E-state index is 10.7. The van der Waals surface area contributed by atoms with Crippen LogP contribution < -0.4 is 0 Å². The fraction of sp³-hybridized carbons (Fsp3) is 0.714. The number of hydrogen-bond acceptors (Lipinski definition) is 5. The van der Waals surface area contributed by atoms with Crippen LogP contribution in [0.2, 0.25) is 0 Å². The van der Waals surface area contributed by atoms with Crippen molar-refractivity contribution in [2.24, 2.45) is 0 Å². The van der Waals surface area contributed by atoms with Crippen LogP contribution >= 0.6 is 11.8 Å². The van der Waals surface area contributed by atoms with Crippen molar-refractivity contribution >= 4 is 17.7 Å². The van der Waals surface area contributed by atoms with Crippen molar-refractivity contribution in [3.05, 3.63) is 11.9 Å². The first-order valence-electron chi connectivity index (χ1n) is 7.36. The van der Waals surface area contributed by atoms with Crippen LogP contribution in [0.1, 0.15) is 18.5 Å². The molecule has 7 heteroatoms. The molecule has 0 spiro atoms. The topological polar surface area (TPSA) is 67.6 Å². The molecule has 3 rings (SSSR count). The van der Waals surface area contributed by atoms with E-state index in [1.165, 1.54) is 31.1 Å². The van der Waals surface area contributed by atoms with E-state index in [-0.39, 0.29) is 11.9 Å². The van der Waals surface area contributed by atoms with Crippen LogP contribution in [0, 0.1) is 6.92 Å². The molecule has 0 bridgehead atoms. The van der Waals surface area contributed by atoms with Gasteiger partial charge < -0.3 is 14.4 Å². The Kier molecular flexibility index (Phi) is 4.51. The maximum absolute atomic E-state index is 10.7. The number of carboxylic acids is 1. The van der Waals surface area contributed by atoms with Crippen molar-refractivity contribution in [1.82, 2.24) is 14.5 Å². The summed E-state index contributed by atoms with van der Waals surface area (Å²) >= 11 is 1.27. The molecule has 1 N–H and O–H groups in total. The Bertz CT molecular complexity index is 520. The first-order chi connectivity index (χ1) is 10.1. The quantitative estimate of drug-likeness (QED) is 0.825. The summed E-state index contributed by atoms with van der Waals surface area (Å²) < 4.78 is 8.00. The Hall–Kier alpha value is -1.05. The summed E-state index contributed by atoms with van der Waals surface area (Å²) in [5.74, 6) is -0.781. The van der Waals surface area contributed by atoms with Gasteiger partial charge in [-0.15, -0.1) is 0 Å². The summed E-state index contributed by atoms with van der Waals surface area (Å²) in [5.41, 5.74) is 0.915. The molecule has 21 heavy (non-hydrogen) atoms. The molecule has 0 amide bonds. The molecule has 2 saturated heterocycles. The van der Waals surface area contributed by atoms with Crippen LogP contribution in [0.15, 0.2) is 11.4 Å². The van der Waals surface area contributed by atoms with Crippen molar-refractivity contribution in [2.45, 2.75) is 43.6 Å². The molecule has 116 valence electrons. The number of nitrogens with zero attached hydrogens (tertiary/aromatic N) is 3. The van der Waals surface area contributed by atoms with E-state index in [2.05, 4.69) is 9.88 Å². The SMILES string of the molecule is Cc1cn(CC2CN3CCCC3CO2)c(SCC(=O)O)n1. The molecule has 2 fully saturated rings. The smallest absolute Gasteiger partial charge is 0.313 e. The monoisotopic (exact) mass is 311 g/mol. The molecule has 0 saturated carbocycles. The van der Waals surface area contributed by atoms with E-state index >= 15 is 0 Å². The second-order valence-electron chi connectivity index (χ2n) is 5.75. The summed E-state index contributed by atoms with van der Waals surface area (Å²) in [7, 11) is 0. The predicted molar refractivity (Wildman–Crippen MR) is 79.7 cm³/mol. The minimum atomic E-state index is -0.818. The van der Waals surface area contributed by atoms with Gasteiger partial charge in [0.25, 0.3) is 0 Å². The van der Waals surface area contributed by atoms with E-state index < -0.39 is 5.97 Å². The van der Waals surface area contributed by atoms with E-state index in [9.17, 15) is 4.79 Å². The van der Waals surface area contributed by atoms with Gasteiger partial charge in [-0.05, 0) is 26.3 Å². The van der Waals surface area contributed by atoms with Crippen LogP contribution in [-0.4, -0.2) is 63.1 Å². The average molecular weight is 311 g/mol. The lowest BCUT2D eigenvalue weighted by Gasteiger charge is -2.35. The minimum Gasteiger partial charge on any atom is -0.481 e. The number of hydrogen-bond donors (Lipinski definition) is 1. The lowest BCUT2D eigenvalue weighted by Crippen LogP contribution is -2.47. The van der Waals surface area contributed by atoms with Gasteiger partial charge in [-0.2, -0.15) is 0 Å². The Morgan fingerprint density at radius 3 is 3.29 bits per heavy atom. The number of ether oxygens (including phenoxy) is 1. The highest BCUT2D eigenvalue weighted by Crippen LogP contribution is 2.24. The summed E-state index contributed by atoms with van der Waals surface area (Å²) in [6.45, 7) is 5.63. The normalized spacial score (nSPS) is 26.0. The Morgan fingerprint density at radius 1 is 1.62 bits per heavy atom. The lowest BCUT2D eigenvalue weighted by molar-refractivity contribution is -0.133. The number of fused-ring (bicyclic) bond motifs is 1. The van der Waals surface area contributed by atoms with E-state index in [1.807, 2.05) is 17.7 Å². The van der Waals surface area contributed by atoms with Gasteiger partial charge >= 0.3 is 5.97 Å². The zero-order valence-electron chi connectivity index (χ0n) is 12.2. The third kappa shape index (κ3) is 3.59. The maximum Gasteiger partial charge on any atom is 0.313 e. The summed E-state index contributed by atoms with van der Waals surface area (Å²) in [6.07, 6.45) is 4.65. The highest BCUT2D eigenvalue weighted by atomic mass is 32.2. The predicted octanol–water partition coefficient (Wildman–Crippen LogP) is 1.23. The largest absolute Gasteiger partial charge is 0.481 e. The number of carboxylic acid groups (broad SMARTS) is 1. The van der Waals surface area contributed by atoms with E-state index in [0.29, 0.717) is 6.04 Å². The molecular formula is C14H21N3O3S. The molecule has 2 aliphatic rings. The number of morpholine rings is 1. The van der Waals surface area contributed by atoms with Crippen molar-refractivity contribution < 1.29 is 14.6 Å². The number of thioether (sulfide) groups is 1. The number of imidazole rings is 1. The molecule has 6 nitrogen and oxygen atoms in total. The third-order valence-corrected chi connectivity index (χ3v) is 5.02. The zero-order chi connectivity index (χ0) is 14.8. The second kappa shape index (κ2) is 6.37. The summed E-state index contributed by atoms with van der Waals surface area (Å²) in [4.78, 5) is 17.6. The Balaban J connectivity index is 1.62. The van der Waals surface area contributed by atoms with Gasteiger partial charge in [-0.3, -0.25) is 9.69 Å². The fourth-order valence-corrected chi connectivity index (χ4v) is 3.87. The molecule has 0 aliphatic carbocycles. The third-order valence-electron chi connectivity index (χ3n) is 4.05. The van der Waals surface area contributed by atoms with Gasteiger partial charge in [0.2, 0.25) is 0 Å². The van der Waals surface area contributed by atoms with Gasteiger partial charge in [0, 0.05) is 18.8 Å². The van der Waals surface area contributed by atoms with E-state index in [1.54, 1.807) is 0 Å². The summed E-state index contributed by atoms with van der Waals surface area (Å²) in [6, 6.07) is 0.603. The first kappa shape index (κ1) is 14.9. The number of aromatic nitrogens is 2. The van der Waals surface area contributed by atoms with Gasteiger partial charge in [-0.1, -0.05) is 11.8 Å². The Labute approximate surface area is 128 Å². The second-order valence-corrected chi connectivity index (χ2v) is 6.69. The lowest BCUT2D eigenvalue weighted by atomic mass is 10.2. The molecular weight excluding hydrogens is 290 g/mol. The molecule has 2 atom stereocenters. The molecule has 1 aromatic rings. The summed E-state index contributed by atoms with van der Waals surface area (Å²) in [5, 5.41) is 9.57. The van der Waals surface area contributed by atoms with Crippen LogP contribution in [0.5, 0.6) is 0 Å². The van der Waals surface area contributed by atoms with Crippen molar-refractivity contribution in [1.29, 1.82) is 0 Å². The fourth-order valence-electron chi connectivity index (χ4n) is 3.11. The molecule has 2 unspecified atom stereocenters. The van der Waals surface area contributed by atoms with Crippen molar-refractivity contribution in [3.8, 4) is 0 Å². The molecule has 0 aromatic carbocycles. The first-order valence-corrected chi connectivity index (χ1v) is 8.34. The van der Waals surface area contributed by atoms with Gasteiger partial charge in [0.05, 0.1) is 30.7 Å². The van der Waals surface area contributed by atoms with Crippen LogP contribution in [0.3, 0.4) is 0 Å². The highest BCUT2D eigenvalue weighted by molar-refractivity contribution is 7.99. The number of carbonyl (C=O) groups is 1. The van der Waals surface area contributed by atoms with Gasteiger partial charge in [0.15, 0.2) is 5.16 Å². The molecule has 3 heterocycles. The van der Waals surface area contributed by atoms with Crippen LogP contribution in [0.25, 0.3) is 0 Å². The average Bonchev–Trinajstić information content (AvgIpc) is 3.02. The number of aliphatic carboxylic acids is 1. The van der Waals surface area contributed by atoms with E-state index in [0.717, 1.165) is 30.5 Å². The van der Waals surface area contributed by atoms with E-state index in [4.69, 9.17) is 9.84 Å². The molecule has 2 aliphatic heterocycles. The molecule has 0 radical (unpaired) electrons. The minimum absolute atomic E-state index is 0.0379. The molecule has 1 aromatic heterocycles. The number of rotatable bonds is 5. The van der Waals surface area contributed by atoms with Crippen LogP contribution in [-0.2, 0) is 16.1 Å². The number of aryl methyl sites for hydroxylation is 1. The van der Waals surface area contributed by atoms with Gasteiger partial charge in [-0.25, -0.2) is 4.98 Å². The standard InChI is InChI=1S/C14H21N3O3S/c1-10-5-17(14(15-10)21-9-13(18)19)7-12-6-16-4-2-3-11(16)8-20-12/h5,11-12H,2-4,6-9H2,1H3,(H,18,19). The van der Waals surface area contributed by atoms with Gasteiger partial charge in [0.1, 0.15) is 0 Å².